The van der Waals surface area contributed by atoms with Gasteiger partial charge in [-0.05, 0) is 25.2 Å². The molecule has 2 rings (SSSR count). The summed E-state index contributed by atoms with van der Waals surface area (Å²) in [6.07, 6.45) is 0. The van der Waals surface area contributed by atoms with Gasteiger partial charge in [0.15, 0.2) is 6.04 Å². The Bertz CT molecular complexity index is 637. The highest BCUT2D eigenvalue weighted by atomic mass is 19.1. The highest BCUT2D eigenvalue weighted by Gasteiger charge is 2.25. The Balaban J connectivity index is 2.14. The van der Waals surface area contributed by atoms with Gasteiger partial charge in [-0.25, -0.2) is 4.39 Å². The number of primary amides is 1. The summed E-state index contributed by atoms with van der Waals surface area (Å²) >= 11 is 0. The number of rotatable bonds is 5. The van der Waals surface area contributed by atoms with Gasteiger partial charge in [0.25, 0.3) is 11.8 Å². The van der Waals surface area contributed by atoms with Gasteiger partial charge in [-0.2, -0.15) is 0 Å². The van der Waals surface area contributed by atoms with E-state index in [1.807, 2.05) is 0 Å². The zero-order valence-electron chi connectivity index (χ0n) is 12.5. The zero-order valence-corrected chi connectivity index (χ0v) is 12.5. The van der Waals surface area contributed by atoms with Crippen LogP contribution in [0.5, 0.6) is 0 Å². The van der Waals surface area contributed by atoms with E-state index in [0.29, 0.717) is 6.61 Å². The van der Waals surface area contributed by atoms with Crippen LogP contribution in [0.2, 0.25) is 0 Å². The molecule has 0 unspecified atom stereocenters. The predicted molar refractivity (Wildman–Crippen MR) is 80.2 cm³/mol. The lowest BCUT2D eigenvalue weighted by Crippen LogP contribution is -2.48. The highest BCUT2D eigenvalue weighted by Crippen LogP contribution is 2.24. The zero-order chi connectivity index (χ0) is 17.0. The third kappa shape index (κ3) is 3.82. The summed E-state index contributed by atoms with van der Waals surface area (Å²) in [6.45, 7) is 0.484. The van der Waals surface area contributed by atoms with E-state index in [-0.39, 0.29) is 30.4 Å². The standard InChI is InChI=1S/C14H17FN4O4/c1-17-12(13(16)21)14(22)18-8-2-3-10(9(15)6-8)19-4-5-23-7-11(19)20/h2-3,6,12,17H,4-5,7H2,1H3,(H2,16,21)(H,18,22)/t12-/m0/s1. The minimum Gasteiger partial charge on any atom is -0.370 e. The third-order valence-electron chi connectivity index (χ3n) is 3.33. The minimum absolute atomic E-state index is 0.0968. The van der Waals surface area contributed by atoms with Gasteiger partial charge in [-0.1, -0.05) is 0 Å². The number of morpholine rings is 1. The maximum absolute atomic E-state index is 14.2. The lowest BCUT2D eigenvalue weighted by Gasteiger charge is -2.27. The van der Waals surface area contributed by atoms with Crippen LogP contribution in [0.3, 0.4) is 0 Å². The Morgan fingerprint density at radius 1 is 1.43 bits per heavy atom. The fraction of sp³-hybridized carbons (Fsp3) is 0.357. The molecule has 0 spiro atoms. The van der Waals surface area contributed by atoms with Crippen molar-refractivity contribution in [2.24, 2.45) is 5.73 Å². The van der Waals surface area contributed by atoms with E-state index in [1.165, 1.54) is 24.1 Å². The first-order valence-electron chi connectivity index (χ1n) is 6.89. The number of anilines is 2. The fourth-order valence-electron chi connectivity index (χ4n) is 2.19. The summed E-state index contributed by atoms with van der Waals surface area (Å²) < 4.78 is 19.2. The van der Waals surface area contributed by atoms with Gasteiger partial charge in [0.1, 0.15) is 12.4 Å². The van der Waals surface area contributed by atoms with Gasteiger partial charge in [0.05, 0.1) is 12.3 Å². The van der Waals surface area contributed by atoms with Crippen molar-refractivity contribution in [1.29, 1.82) is 0 Å². The van der Waals surface area contributed by atoms with Crippen molar-refractivity contribution in [3.05, 3.63) is 24.0 Å². The monoisotopic (exact) mass is 324 g/mol. The van der Waals surface area contributed by atoms with Crippen LogP contribution in [0, 0.1) is 5.82 Å². The van der Waals surface area contributed by atoms with Crippen LogP contribution in [0.4, 0.5) is 15.8 Å². The Morgan fingerprint density at radius 3 is 2.74 bits per heavy atom. The van der Waals surface area contributed by atoms with Crippen molar-refractivity contribution in [3.8, 4) is 0 Å². The van der Waals surface area contributed by atoms with Crippen molar-refractivity contribution < 1.29 is 23.5 Å². The maximum atomic E-state index is 14.2. The van der Waals surface area contributed by atoms with Crippen LogP contribution < -0.4 is 21.3 Å². The van der Waals surface area contributed by atoms with Gasteiger partial charge in [0.2, 0.25) is 5.91 Å². The van der Waals surface area contributed by atoms with Crippen molar-refractivity contribution in [3.63, 3.8) is 0 Å². The SMILES string of the molecule is CN[C@@H](C(N)=O)C(=O)Nc1ccc(N2CCOCC2=O)c(F)c1. The van der Waals surface area contributed by atoms with Gasteiger partial charge < -0.3 is 26.0 Å². The first-order chi connectivity index (χ1) is 10.9. The molecule has 0 aliphatic carbocycles. The predicted octanol–water partition coefficient (Wildman–Crippen LogP) is -0.799. The molecule has 23 heavy (non-hydrogen) atoms. The summed E-state index contributed by atoms with van der Waals surface area (Å²) in [5.74, 6) is -2.55. The quantitative estimate of drug-likeness (QED) is 0.614. The molecule has 1 saturated heterocycles. The number of nitrogens with zero attached hydrogens (tertiary/aromatic N) is 1. The molecule has 0 radical (unpaired) electrons. The summed E-state index contributed by atoms with van der Waals surface area (Å²) in [5, 5.41) is 4.84. The second kappa shape index (κ2) is 7.16. The first kappa shape index (κ1) is 16.8. The smallest absolute Gasteiger partial charge is 0.253 e. The molecule has 0 aromatic heterocycles. The summed E-state index contributed by atoms with van der Waals surface area (Å²) in [7, 11) is 1.41. The Morgan fingerprint density at radius 2 is 2.17 bits per heavy atom. The van der Waals surface area contributed by atoms with E-state index >= 15 is 0 Å². The van der Waals surface area contributed by atoms with Gasteiger partial charge in [0, 0.05) is 12.2 Å². The second-order valence-electron chi connectivity index (χ2n) is 4.88. The van der Waals surface area contributed by atoms with Crippen LogP contribution in [-0.2, 0) is 19.1 Å². The van der Waals surface area contributed by atoms with Crippen LogP contribution >= 0.6 is 0 Å². The molecule has 9 heteroatoms. The molecule has 8 nitrogen and oxygen atoms in total. The van der Waals surface area contributed by atoms with Crippen molar-refractivity contribution in [2.75, 3.05) is 37.0 Å². The number of nitrogens with two attached hydrogens (primary N) is 1. The lowest BCUT2D eigenvalue weighted by atomic mass is 10.2. The molecule has 1 aliphatic rings. The number of carbonyl (C=O) groups is 3. The third-order valence-corrected chi connectivity index (χ3v) is 3.33. The molecule has 0 bridgehead atoms. The molecule has 1 aromatic carbocycles. The molecule has 1 fully saturated rings. The molecule has 3 amide bonds. The van der Waals surface area contributed by atoms with Crippen LogP contribution in [0.25, 0.3) is 0 Å². The van der Waals surface area contributed by atoms with E-state index in [9.17, 15) is 18.8 Å². The van der Waals surface area contributed by atoms with E-state index in [0.717, 1.165) is 6.07 Å². The number of carbonyl (C=O) groups excluding carboxylic acids is 3. The van der Waals surface area contributed by atoms with E-state index in [2.05, 4.69) is 10.6 Å². The fourth-order valence-corrected chi connectivity index (χ4v) is 2.19. The second-order valence-corrected chi connectivity index (χ2v) is 4.88. The number of likely N-dealkylation sites (N-methyl/N-ethyl adjacent to an activating group) is 1. The Labute approximate surface area is 131 Å². The molecular weight excluding hydrogens is 307 g/mol. The van der Waals surface area contributed by atoms with Gasteiger partial charge in [-0.15, -0.1) is 0 Å². The topological polar surface area (TPSA) is 114 Å². The van der Waals surface area contributed by atoms with E-state index in [4.69, 9.17) is 10.5 Å². The molecule has 124 valence electrons. The number of benzene rings is 1. The van der Waals surface area contributed by atoms with Crippen LogP contribution in [0.1, 0.15) is 0 Å². The average Bonchev–Trinajstić information content (AvgIpc) is 2.49. The maximum Gasteiger partial charge on any atom is 0.253 e. The summed E-state index contributed by atoms with van der Waals surface area (Å²) in [4.78, 5) is 36.0. The molecule has 1 aromatic rings. The molecule has 0 saturated carbocycles. The normalized spacial score (nSPS) is 16.1. The average molecular weight is 324 g/mol. The number of nitrogens with one attached hydrogen (secondary N) is 2. The molecular formula is C14H17FN4O4. The summed E-state index contributed by atoms with van der Waals surface area (Å²) in [6, 6.07) is 2.67. The first-order valence-corrected chi connectivity index (χ1v) is 6.89. The van der Waals surface area contributed by atoms with E-state index in [1.54, 1.807) is 0 Å². The van der Waals surface area contributed by atoms with Crippen molar-refractivity contribution in [2.45, 2.75) is 6.04 Å². The number of hydrogen-bond acceptors (Lipinski definition) is 5. The van der Waals surface area contributed by atoms with E-state index < -0.39 is 23.7 Å². The van der Waals surface area contributed by atoms with Gasteiger partial charge >= 0.3 is 0 Å². The molecule has 1 aliphatic heterocycles. The Hall–Kier alpha value is -2.52. The Kier molecular flexibility index (Phi) is 5.24. The number of amides is 3. The minimum atomic E-state index is -1.22. The molecule has 4 N–H and O–H groups in total. The number of hydrogen-bond donors (Lipinski definition) is 3. The van der Waals surface area contributed by atoms with Crippen molar-refractivity contribution in [1.82, 2.24) is 5.32 Å². The number of halogens is 1. The van der Waals surface area contributed by atoms with Crippen molar-refractivity contribution >= 4 is 29.1 Å². The largest absolute Gasteiger partial charge is 0.370 e. The molecule has 1 atom stereocenters. The lowest BCUT2D eigenvalue weighted by molar-refractivity contribution is -0.128. The van der Waals surface area contributed by atoms with Crippen LogP contribution in [-0.4, -0.2) is 50.6 Å². The highest BCUT2D eigenvalue weighted by molar-refractivity contribution is 6.09. The van der Waals surface area contributed by atoms with Crippen LogP contribution in [0.15, 0.2) is 18.2 Å². The molecule has 1 heterocycles. The summed E-state index contributed by atoms with van der Waals surface area (Å²) in [5.41, 5.74) is 5.34. The number of ether oxygens (including phenoxy) is 1. The van der Waals surface area contributed by atoms with Gasteiger partial charge in [-0.3, -0.25) is 14.4 Å².